The van der Waals surface area contributed by atoms with Crippen LogP contribution in [-0.4, -0.2) is 33.0 Å². The summed E-state index contributed by atoms with van der Waals surface area (Å²) in [6.07, 6.45) is 1.46. The van der Waals surface area contributed by atoms with Gasteiger partial charge in [-0.15, -0.1) is 10.2 Å². The molecule has 0 saturated heterocycles. The summed E-state index contributed by atoms with van der Waals surface area (Å²) in [6.45, 7) is 3.81. The molecule has 1 aromatic heterocycles. The minimum atomic E-state index is -1.12. The molecule has 0 saturated carbocycles. The Kier molecular flexibility index (Phi) is 5.88. The summed E-state index contributed by atoms with van der Waals surface area (Å²) in [5, 5.41) is 26.8. The summed E-state index contributed by atoms with van der Waals surface area (Å²) >= 11 is 2.81. The third-order valence-electron chi connectivity index (χ3n) is 2.56. The fourth-order valence-electron chi connectivity index (χ4n) is 1.64. The molecule has 1 heterocycles. The number of phenols is 1. The van der Waals surface area contributed by atoms with Crippen molar-refractivity contribution >= 4 is 46.4 Å². The Hall–Kier alpha value is -1.75. The van der Waals surface area contributed by atoms with Crippen molar-refractivity contribution in [2.45, 2.75) is 19.1 Å². The number of rotatable bonds is 6. The first-order valence-electron chi connectivity index (χ1n) is 6.49. The molecule has 0 radical (unpaired) electrons. The lowest BCUT2D eigenvalue weighted by molar-refractivity contribution is -0.131. The van der Waals surface area contributed by atoms with Gasteiger partial charge in [0.15, 0.2) is 11.5 Å². The number of nitrogens with zero attached hydrogens (tertiary/aromatic N) is 2. The molecule has 9 heteroatoms. The molecule has 122 valence electrons. The highest BCUT2D eigenvalue weighted by Gasteiger charge is 2.15. The molecular formula is C14H13IN2O5S. The van der Waals surface area contributed by atoms with Gasteiger partial charge in [-0.25, -0.2) is 4.79 Å². The van der Waals surface area contributed by atoms with E-state index in [0.717, 1.165) is 11.8 Å². The maximum absolute atomic E-state index is 11.4. The van der Waals surface area contributed by atoms with Crippen molar-refractivity contribution in [3.63, 3.8) is 0 Å². The number of carboxylic acids is 1. The summed E-state index contributed by atoms with van der Waals surface area (Å²) in [5.74, 6) is -0.433. The Bertz CT molecular complexity index is 760. The number of aromatic nitrogens is 2. The van der Waals surface area contributed by atoms with Crippen LogP contribution in [0.15, 0.2) is 26.7 Å². The molecule has 0 bridgehead atoms. The van der Waals surface area contributed by atoms with Gasteiger partial charge in [0.2, 0.25) is 5.89 Å². The van der Waals surface area contributed by atoms with Crippen LogP contribution in [0, 0.1) is 10.5 Å². The maximum atomic E-state index is 11.4. The molecule has 2 N–H and O–H groups in total. The fraction of sp³-hybridized carbons (Fsp3) is 0.214. The molecule has 0 spiro atoms. The molecule has 0 amide bonds. The number of hydrogen-bond donors (Lipinski definition) is 2. The highest BCUT2D eigenvalue weighted by Crippen LogP contribution is 2.35. The van der Waals surface area contributed by atoms with Crippen molar-refractivity contribution in [3.05, 3.63) is 32.1 Å². The van der Waals surface area contributed by atoms with E-state index in [9.17, 15) is 15.0 Å². The number of benzene rings is 1. The number of phenolic OH excluding ortho intramolecular Hbond substituents is 1. The molecule has 23 heavy (non-hydrogen) atoms. The average Bonchev–Trinajstić information content (AvgIpc) is 2.89. The topological polar surface area (TPSA) is 106 Å². The number of aromatic hydroxyl groups is 1. The second-order valence-corrected chi connectivity index (χ2v) is 6.44. The lowest BCUT2D eigenvalue weighted by atomic mass is 10.2. The van der Waals surface area contributed by atoms with Crippen LogP contribution in [0.2, 0.25) is 0 Å². The van der Waals surface area contributed by atoms with E-state index in [1.165, 1.54) is 6.08 Å². The molecular weight excluding hydrogens is 435 g/mol. The summed E-state index contributed by atoms with van der Waals surface area (Å²) in [4.78, 5) is 11.4. The smallest absolute Gasteiger partial charge is 0.342 e. The Labute approximate surface area is 149 Å². The van der Waals surface area contributed by atoms with E-state index in [0.29, 0.717) is 27.4 Å². The Morgan fingerprint density at radius 3 is 2.78 bits per heavy atom. The van der Waals surface area contributed by atoms with Gasteiger partial charge in [0.05, 0.1) is 10.2 Å². The lowest BCUT2D eigenvalue weighted by Crippen LogP contribution is -1.98. The molecule has 0 aliphatic rings. The first-order valence-corrected chi connectivity index (χ1v) is 8.38. The molecule has 2 aromatic rings. The maximum Gasteiger partial charge on any atom is 0.342 e. The highest BCUT2D eigenvalue weighted by molar-refractivity contribution is 14.1. The number of carbonyl (C=O) groups is 1. The summed E-state index contributed by atoms with van der Waals surface area (Å²) in [7, 11) is 0. The van der Waals surface area contributed by atoms with E-state index in [4.69, 9.17) is 9.15 Å². The second kappa shape index (κ2) is 7.68. The van der Waals surface area contributed by atoms with Crippen LogP contribution >= 0.6 is 34.4 Å². The van der Waals surface area contributed by atoms with Gasteiger partial charge in [-0.05, 0) is 65.0 Å². The van der Waals surface area contributed by atoms with Gasteiger partial charge in [-0.3, -0.25) is 0 Å². The number of halogens is 1. The number of aryl methyl sites for hydroxylation is 1. The average molecular weight is 448 g/mol. The molecule has 0 aliphatic carbocycles. The van der Waals surface area contributed by atoms with E-state index in [1.54, 1.807) is 26.0 Å². The third kappa shape index (κ3) is 4.61. The Morgan fingerprint density at radius 1 is 1.48 bits per heavy atom. The molecule has 0 unspecified atom stereocenters. The van der Waals surface area contributed by atoms with E-state index in [2.05, 4.69) is 10.2 Å². The van der Waals surface area contributed by atoms with Crippen LogP contribution in [-0.2, 0) is 4.79 Å². The number of thioether (sulfide) groups is 1. The standard InChI is InChI=1S/C14H13IN2O5S/c1-3-21-10-5-8(4-9(15)12(10)18)6-11(13(19)20)23-14-17-16-7(2)22-14/h4-6,18H,3H2,1-2H3,(H,19,20)/b11-6-. The number of ether oxygens (including phenoxy) is 1. The first-order chi connectivity index (χ1) is 10.9. The van der Waals surface area contributed by atoms with Crippen molar-refractivity contribution in [2.24, 2.45) is 0 Å². The van der Waals surface area contributed by atoms with Gasteiger partial charge in [0, 0.05) is 6.92 Å². The molecule has 2 rings (SSSR count). The van der Waals surface area contributed by atoms with Crippen LogP contribution in [0.3, 0.4) is 0 Å². The fourth-order valence-corrected chi connectivity index (χ4v) is 2.98. The predicted octanol–water partition coefficient (Wildman–Crippen LogP) is 3.30. The monoisotopic (exact) mass is 448 g/mol. The zero-order valence-corrected chi connectivity index (χ0v) is 15.2. The van der Waals surface area contributed by atoms with Crippen molar-refractivity contribution in [3.8, 4) is 11.5 Å². The van der Waals surface area contributed by atoms with Crippen molar-refractivity contribution in [2.75, 3.05) is 6.61 Å². The van der Waals surface area contributed by atoms with Crippen LogP contribution in [0.5, 0.6) is 11.5 Å². The van der Waals surface area contributed by atoms with E-state index >= 15 is 0 Å². The van der Waals surface area contributed by atoms with Gasteiger partial charge in [0.25, 0.3) is 5.22 Å². The van der Waals surface area contributed by atoms with Crippen LogP contribution in [0.25, 0.3) is 6.08 Å². The van der Waals surface area contributed by atoms with Gasteiger partial charge in [-0.1, -0.05) is 0 Å². The van der Waals surface area contributed by atoms with Crippen LogP contribution in [0.1, 0.15) is 18.4 Å². The SMILES string of the molecule is CCOc1cc(/C=C(\Sc2nnc(C)o2)C(=O)O)cc(I)c1O. The molecule has 0 atom stereocenters. The number of carboxylic acid groups (broad SMARTS) is 1. The summed E-state index contributed by atoms with van der Waals surface area (Å²) < 4.78 is 11.1. The zero-order valence-electron chi connectivity index (χ0n) is 12.2. The van der Waals surface area contributed by atoms with Crippen molar-refractivity contribution in [1.29, 1.82) is 0 Å². The lowest BCUT2D eigenvalue weighted by Gasteiger charge is -2.09. The van der Waals surface area contributed by atoms with E-state index < -0.39 is 5.97 Å². The number of hydrogen-bond acceptors (Lipinski definition) is 7. The zero-order chi connectivity index (χ0) is 17.0. The van der Waals surface area contributed by atoms with Gasteiger partial charge < -0.3 is 19.4 Å². The van der Waals surface area contributed by atoms with Gasteiger partial charge in [0.1, 0.15) is 4.91 Å². The van der Waals surface area contributed by atoms with Crippen LogP contribution < -0.4 is 4.74 Å². The van der Waals surface area contributed by atoms with Crippen molar-refractivity contribution < 1.29 is 24.2 Å². The predicted molar refractivity (Wildman–Crippen MR) is 92.5 cm³/mol. The molecule has 0 aliphatic heterocycles. The Morgan fingerprint density at radius 2 is 2.22 bits per heavy atom. The second-order valence-electron chi connectivity index (χ2n) is 4.29. The van der Waals surface area contributed by atoms with Gasteiger partial charge >= 0.3 is 5.97 Å². The van der Waals surface area contributed by atoms with Crippen LogP contribution in [0.4, 0.5) is 0 Å². The molecule has 7 nitrogen and oxygen atoms in total. The Balaban J connectivity index is 2.37. The highest BCUT2D eigenvalue weighted by atomic mass is 127. The minimum Gasteiger partial charge on any atom is -0.504 e. The van der Waals surface area contributed by atoms with E-state index in [1.807, 2.05) is 22.6 Å². The largest absolute Gasteiger partial charge is 0.504 e. The molecule has 1 aromatic carbocycles. The summed E-state index contributed by atoms with van der Waals surface area (Å²) in [6, 6.07) is 3.23. The van der Waals surface area contributed by atoms with E-state index in [-0.39, 0.29) is 15.9 Å². The quantitative estimate of drug-likeness (QED) is 0.394. The minimum absolute atomic E-state index is 0.0117. The van der Waals surface area contributed by atoms with Crippen molar-refractivity contribution in [1.82, 2.24) is 10.2 Å². The molecule has 0 fully saturated rings. The van der Waals surface area contributed by atoms with Gasteiger partial charge in [-0.2, -0.15) is 0 Å². The summed E-state index contributed by atoms with van der Waals surface area (Å²) in [5.41, 5.74) is 0.580. The normalized spacial score (nSPS) is 11.5. The number of aliphatic carboxylic acids is 1. The first kappa shape index (κ1) is 17.6. The third-order valence-corrected chi connectivity index (χ3v) is 4.24.